The van der Waals surface area contributed by atoms with Crippen molar-refractivity contribution < 1.29 is 9.90 Å². The van der Waals surface area contributed by atoms with Crippen molar-refractivity contribution in [3.8, 4) is 0 Å². The smallest absolute Gasteiger partial charge is 0.848 e. The van der Waals surface area contributed by atoms with Crippen molar-refractivity contribution >= 4 is 55.5 Å². The van der Waals surface area contributed by atoms with Crippen LogP contribution in [-0.4, -0.2) is 49.0 Å². The summed E-state index contributed by atoms with van der Waals surface area (Å²) < 4.78 is 0. The van der Waals surface area contributed by atoms with Gasteiger partial charge >= 0.3 is 37.7 Å². The Labute approximate surface area is 90.4 Å². The topological polar surface area (TPSA) is 40.1 Å². The van der Waals surface area contributed by atoms with E-state index in [2.05, 4.69) is 12.6 Å². The number of rotatable bonds is 3. The molecule has 0 aliphatic carbocycles. The van der Waals surface area contributed by atoms with E-state index in [1.165, 1.54) is 0 Å². The summed E-state index contributed by atoms with van der Waals surface area (Å²) in [6, 6.07) is 0. The van der Waals surface area contributed by atoms with Crippen molar-refractivity contribution in [3.05, 3.63) is 0 Å². The molecular formula is C5H8CaO2S. The Kier molecular flexibility index (Phi) is 10.2. The van der Waals surface area contributed by atoms with Crippen LogP contribution in [-0.2, 0) is 17.4 Å². The molecule has 0 saturated carbocycles. The summed E-state index contributed by atoms with van der Waals surface area (Å²) in [6.45, 7) is 1.85. The zero-order chi connectivity index (χ0) is 6.57. The van der Waals surface area contributed by atoms with Gasteiger partial charge in [0.2, 0.25) is 0 Å². The second-order valence-electron chi connectivity index (χ2n) is 1.60. The fourth-order valence-corrected chi connectivity index (χ4v) is 0.498. The monoisotopic (exact) mass is 172 g/mol. The van der Waals surface area contributed by atoms with E-state index in [0.717, 1.165) is 6.42 Å². The maximum atomic E-state index is 10.4. The van der Waals surface area contributed by atoms with Gasteiger partial charge in [-0.2, -0.15) is 0 Å². The first kappa shape index (κ1) is 12.8. The summed E-state index contributed by atoms with van der Waals surface area (Å²) in [5, 5.41) is 9.71. The predicted molar refractivity (Wildman–Crippen MR) is 36.8 cm³/mol. The molecule has 1 unspecified atom stereocenters. The number of hydrogen-bond donors (Lipinski definition) is 0. The Bertz CT molecular complexity index is 87.0. The van der Waals surface area contributed by atoms with Gasteiger partial charge in [-0.15, -0.1) is 0 Å². The molecule has 0 saturated heterocycles. The number of hydrogen-bond acceptors (Lipinski definition) is 3. The molecule has 0 N–H and O–H groups in total. The van der Waals surface area contributed by atoms with Crippen molar-refractivity contribution in [2.24, 2.45) is 0 Å². The normalized spacial score (nSPS) is 11.8. The second kappa shape index (κ2) is 7.22. The molecule has 9 heavy (non-hydrogen) atoms. The van der Waals surface area contributed by atoms with Crippen LogP contribution < -0.4 is 5.11 Å². The number of carbonyl (C=O) groups excluding carboxylic acids is 1. The van der Waals surface area contributed by atoms with E-state index < -0.39 is 11.2 Å². The standard InChI is InChI=1S/C5H9O2S.Ca/c1-2-3-4(6)5(7)8;/h4H,2-3H2,1H3,(H,7,8);/q-1;+2/p-1. The van der Waals surface area contributed by atoms with Gasteiger partial charge in [0.1, 0.15) is 0 Å². The van der Waals surface area contributed by atoms with E-state index in [-0.39, 0.29) is 37.7 Å². The minimum absolute atomic E-state index is 0. The summed E-state index contributed by atoms with van der Waals surface area (Å²) in [4.78, 5) is 10.0. The molecule has 0 heterocycles. The third-order valence-electron chi connectivity index (χ3n) is 0.814. The average molecular weight is 172 g/mol. The van der Waals surface area contributed by atoms with Crippen LogP contribution in [0.25, 0.3) is 0 Å². The van der Waals surface area contributed by atoms with Crippen LogP contribution in [0.2, 0.25) is 0 Å². The summed E-state index contributed by atoms with van der Waals surface area (Å²) in [5.41, 5.74) is 0. The van der Waals surface area contributed by atoms with Crippen LogP contribution in [0, 0.1) is 0 Å². The van der Waals surface area contributed by atoms with Gasteiger partial charge in [0.25, 0.3) is 0 Å². The first-order valence-electron chi connectivity index (χ1n) is 2.55. The summed E-state index contributed by atoms with van der Waals surface area (Å²) in [7, 11) is 0. The minimum atomic E-state index is -1.16. The average Bonchev–Trinajstić information content (AvgIpc) is 1.67. The Morgan fingerprint density at radius 3 is 2.33 bits per heavy atom. The molecule has 0 bridgehead atoms. The van der Waals surface area contributed by atoms with Crippen molar-refractivity contribution in [1.82, 2.24) is 0 Å². The van der Waals surface area contributed by atoms with Gasteiger partial charge < -0.3 is 22.5 Å². The molecule has 0 aliphatic heterocycles. The van der Waals surface area contributed by atoms with Gasteiger partial charge in [0, 0.05) is 0 Å². The maximum absolute atomic E-state index is 10.4. The zero-order valence-electron chi connectivity index (χ0n) is 5.42. The van der Waals surface area contributed by atoms with Crippen LogP contribution >= 0.6 is 0 Å². The molecule has 4 heteroatoms. The third kappa shape index (κ3) is 7.00. The molecule has 0 aromatic carbocycles. The van der Waals surface area contributed by atoms with E-state index >= 15 is 0 Å². The molecule has 2 nitrogen and oxygen atoms in total. The van der Waals surface area contributed by atoms with Gasteiger partial charge in [-0.3, -0.25) is 0 Å². The van der Waals surface area contributed by atoms with Crippen molar-refractivity contribution in [2.45, 2.75) is 25.9 Å². The van der Waals surface area contributed by atoms with Gasteiger partial charge in [-0.05, 0) is 5.12 Å². The largest absolute Gasteiger partial charge is 2.00 e. The van der Waals surface area contributed by atoms with Crippen LogP contribution in [0.4, 0.5) is 0 Å². The van der Waals surface area contributed by atoms with Gasteiger partial charge in [-0.1, -0.05) is 25.9 Å². The fraction of sp³-hybridized carbons (Fsp3) is 0.800. The van der Waals surface area contributed by atoms with Crippen molar-refractivity contribution in [1.29, 1.82) is 0 Å². The van der Waals surface area contributed by atoms with Crippen molar-refractivity contribution in [2.75, 3.05) is 0 Å². The van der Waals surface area contributed by atoms with Gasteiger partial charge in [0.15, 0.2) is 0 Å². The molecular weight excluding hydrogens is 164 g/mol. The predicted octanol–water partition coefficient (Wildman–Crippen LogP) is -0.792. The van der Waals surface area contributed by atoms with Crippen LogP contribution in [0.3, 0.4) is 0 Å². The van der Waals surface area contributed by atoms with E-state index in [1.807, 2.05) is 6.92 Å². The van der Waals surface area contributed by atoms with Gasteiger partial charge in [-0.25, -0.2) is 0 Å². The molecule has 0 fully saturated rings. The number of carbonyl (C=O) groups is 1. The zero-order valence-corrected chi connectivity index (χ0v) is 8.45. The van der Waals surface area contributed by atoms with E-state index in [4.69, 9.17) is 0 Å². The summed E-state index contributed by atoms with van der Waals surface area (Å²) in [5.74, 6) is 0. The molecule has 0 spiro atoms. The Balaban J connectivity index is 0. The first-order valence-corrected chi connectivity index (χ1v) is 2.96. The molecule has 0 aliphatic rings. The van der Waals surface area contributed by atoms with E-state index in [9.17, 15) is 9.90 Å². The second-order valence-corrected chi connectivity index (χ2v) is 2.00. The maximum Gasteiger partial charge on any atom is 2.00 e. The quantitative estimate of drug-likeness (QED) is 0.414. The summed E-state index contributed by atoms with van der Waals surface area (Å²) in [6.07, 6.45) is -0.0474. The molecule has 0 aromatic rings. The molecule has 0 amide bonds. The Morgan fingerprint density at radius 2 is 2.22 bits per heavy atom. The van der Waals surface area contributed by atoms with Crippen molar-refractivity contribution in [3.63, 3.8) is 0 Å². The van der Waals surface area contributed by atoms with Crippen LogP contribution in [0.15, 0.2) is 0 Å². The molecule has 0 radical (unpaired) electrons. The molecule has 48 valence electrons. The van der Waals surface area contributed by atoms with Gasteiger partial charge in [0.05, 0.1) is 0 Å². The van der Waals surface area contributed by atoms with E-state index in [0.29, 0.717) is 6.42 Å². The molecule has 0 aromatic heterocycles. The van der Waals surface area contributed by atoms with Crippen LogP contribution in [0.1, 0.15) is 19.8 Å². The SMILES string of the molecule is CCCC([O-])C(=O)[S-].[Ca+2]. The van der Waals surface area contributed by atoms with Crippen LogP contribution in [0.5, 0.6) is 0 Å². The fourth-order valence-electron chi connectivity index (χ4n) is 0.380. The molecule has 1 atom stereocenters. The third-order valence-corrected chi connectivity index (χ3v) is 1.08. The Hall–Kier alpha value is 1.11. The Morgan fingerprint density at radius 1 is 1.78 bits per heavy atom. The summed E-state index contributed by atoms with van der Waals surface area (Å²) >= 11 is 4.12. The first-order chi connectivity index (χ1) is 3.68. The molecule has 0 rings (SSSR count). The van der Waals surface area contributed by atoms with E-state index in [1.54, 1.807) is 0 Å². The minimum Gasteiger partial charge on any atom is -0.848 e.